The van der Waals surface area contributed by atoms with Gasteiger partial charge in [-0.05, 0) is 57.0 Å². The SMILES string of the molecule is O=C(NCCNc1nonc1C(CNO)Nc1ccc(F)c(Br)c1)c1cccc2c1B(O)OC=C2. The lowest BCUT2D eigenvalue weighted by Gasteiger charge is -2.18. The summed E-state index contributed by atoms with van der Waals surface area (Å²) in [4.78, 5) is 12.7. The molecule has 1 amide bonds. The van der Waals surface area contributed by atoms with Crippen LogP contribution >= 0.6 is 15.9 Å². The Labute approximate surface area is 207 Å². The van der Waals surface area contributed by atoms with E-state index < -0.39 is 19.0 Å². The minimum absolute atomic E-state index is 0.0482. The van der Waals surface area contributed by atoms with Crippen molar-refractivity contribution in [1.29, 1.82) is 0 Å². The number of halogens is 2. The molecule has 1 aromatic heterocycles. The first-order valence-corrected chi connectivity index (χ1v) is 11.3. The minimum Gasteiger partial charge on any atom is -0.538 e. The van der Waals surface area contributed by atoms with Crippen molar-refractivity contribution in [1.82, 2.24) is 21.1 Å². The van der Waals surface area contributed by atoms with Gasteiger partial charge in [0.15, 0.2) is 11.5 Å². The van der Waals surface area contributed by atoms with Gasteiger partial charge in [-0.15, -0.1) is 0 Å². The van der Waals surface area contributed by atoms with Gasteiger partial charge in [0, 0.05) is 36.3 Å². The first-order valence-electron chi connectivity index (χ1n) is 10.5. The molecular weight excluding hydrogens is 526 g/mol. The van der Waals surface area contributed by atoms with Gasteiger partial charge in [-0.2, -0.15) is 0 Å². The van der Waals surface area contributed by atoms with Gasteiger partial charge in [0.2, 0.25) is 0 Å². The molecule has 1 unspecified atom stereocenters. The first-order chi connectivity index (χ1) is 17.0. The van der Waals surface area contributed by atoms with Crippen molar-refractivity contribution in [2.45, 2.75) is 6.04 Å². The molecule has 0 bridgehead atoms. The molecule has 2 heterocycles. The van der Waals surface area contributed by atoms with E-state index in [1.54, 1.807) is 36.4 Å². The van der Waals surface area contributed by atoms with Gasteiger partial charge in [0.05, 0.1) is 16.8 Å². The third-order valence-electron chi connectivity index (χ3n) is 5.19. The number of hydrogen-bond donors (Lipinski definition) is 6. The molecule has 14 heteroatoms. The zero-order valence-corrected chi connectivity index (χ0v) is 19.8. The summed E-state index contributed by atoms with van der Waals surface area (Å²) in [5.74, 6) is -0.473. The molecule has 0 radical (unpaired) electrons. The number of benzene rings is 2. The highest BCUT2D eigenvalue weighted by molar-refractivity contribution is 9.10. The van der Waals surface area contributed by atoms with Crippen LogP contribution in [0.4, 0.5) is 15.9 Å². The summed E-state index contributed by atoms with van der Waals surface area (Å²) in [6, 6.07) is 8.93. The maximum Gasteiger partial charge on any atom is 0.561 e. The number of nitrogens with one attached hydrogen (secondary N) is 4. The van der Waals surface area contributed by atoms with E-state index >= 15 is 0 Å². The van der Waals surface area contributed by atoms with Crippen LogP contribution in [0.3, 0.4) is 0 Å². The predicted molar refractivity (Wildman–Crippen MR) is 130 cm³/mol. The fourth-order valence-electron chi connectivity index (χ4n) is 3.55. The average molecular weight is 547 g/mol. The van der Waals surface area contributed by atoms with E-state index in [-0.39, 0.29) is 30.0 Å². The molecule has 0 saturated heterocycles. The number of hydroxylamine groups is 1. The molecule has 182 valence electrons. The second kappa shape index (κ2) is 11.3. The van der Waals surface area contributed by atoms with Crippen molar-refractivity contribution < 1.29 is 28.7 Å². The Kier molecular flexibility index (Phi) is 7.97. The number of carbonyl (C=O) groups excluding carboxylic acids is 1. The van der Waals surface area contributed by atoms with Crippen molar-refractivity contribution in [3.8, 4) is 0 Å². The minimum atomic E-state index is -1.22. The summed E-state index contributed by atoms with van der Waals surface area (Å²) in [5.41, 5.74) is 4.44. The number of aromatic nitrogens is 2. The fourth-order valence-corrected chi connectivity index (χ4v) is 3.93. The highest BCUT2D eigenvalue weighted by atomic mass is 79.9. The summed E-state index contributed by atoms with van der Waals surface area (Å²) < 4.78 is 23.8. The molecule has 1 atom stereocenters. The van der Waals surface area contributed by atoms with E-state index in [1.165, 1.54) is 12.3 Å². The van der Waals surface area contributed by atoms with Crippen molar-refractivity contribution in [3.05, 3.63) is 69.8 Å². The molecule has 1 aliphatic heterocycles. The lowest BCUT2D eigenvalue weighted by Crippen LogP contribution is -2.42. The summed E-state index contributed by atoms with van der Waals surface area (Å²) in [6.45, 7) is 0.553. The van der Waals surface area contributed by atoms with Gasteiger partial charge >= 0.3 is 7.12 Å². The Morgan fingerprint density at radius 2 is 2.09 bits per heavy atom. The van der Waals surface area contributed by atoms with Crippen molar-refractivity contribution in [3.63, 3.8) is 0 Å². The molecule has 35 heavy (non-hydrogen) atoms. The highest BCUT2D eigenvalue weighted by Gasteiger charge is 2.29. The molecule has 4 rings (SSSR count). The smallest absolute Gasteiger partial charge is 0.538 e. The lowest BCUT2D eigenvalue weighted by molar-refractivity contribution is 0.0955. The molecule has 3 aromatic rings. The summed E-state index contributed by atoms with van der Waals surface area (Å²) >= 11 is 3.13. The topological polar surface area (TPSA) is 154 Å². The van der Waals surface area contributed by atoms with Crippen LogP contribution < -0.4 is 26.9 Å². The van der Waals surface area contributed by atoms with E-state index in [1.807, 2.05) is 0 Å². The molecular formula is C21H21BBrFN6O5. The Balaban J connectivity index is 1.37. The Morgan fingerprint density at radius 3 is 2.89 bits per heavy atom. The van der Waals surface area contributed by atoms with Gasteiger partial charge in [-0.1, -0.05) is 17.3 Å². The van der Waals surface area contributed by atoms with Crippen LogP contribution in [-0.2, 0) is 4.65 Å². The van der Waals surface area contributed by atoms with Gasteiger partial charge in [0.25, 0.3) is 5.91 Å². The molecule has 1 aliphatic rings. The third-order valence-corrected chi connectivity index (χ3v) is 5.80. The standard InChI is InChI=1S/C21H21BBrFN6O5/c23-15-10-13(4-5-16(15)24)28-17(11-27-33)19-20(30-35-29-19)25-7-8-26-21(31)14-3-1-2-12-6-9-34-22(32)18(12)14/h1-6,9-10,17,27-28,32-33H,7-8,11H2,(H,25,30)(H,26,31). The van der Waals surface area contributed by atoms with Crippen LogP contribution in [0, 0.1) is 5.82 Å². The van der Waals surface area contributed by atoms with E-state index in [0.29, 0.717) is 33.8 Å². The number of carbonyl (C=O) groups is 1. The molecule has 0 saturated carbocycles. The van der Waals surface area contributed by atoms with Crippen molar-refractivity contribution >= 4 is 52.0 Å². The van der Waals surface area contributed by atoms with Gasteiger partial charge in [-0.3, -0.25) is 4.79 Å². The summed E-state index contributed by atoms with van der Waals surface area (Å²) in [7, 11) is -1.22. The number of amides is 1. The zero-order chi connectivity index (χ0) is 24.8. The van der Waals surface area contributed by atoms with E-state index in [9.17, 15) is 19.4 Å². The van der Waals surface area contributed by atoms with E-state index in [2.05, 4.69) is 47.7 Å². The maximum atomic E-state index is 13.5. The largest absolute Gasteiger partial charge is 0.561 e. The van der Waals surface area contributed by atoms with E-state index in [0.717, 1.165) is 0 Å². The number of anilines is 2. The van der Waals surface area contributed by atoms with Gasteiger partial charge in [-0.25, -0.2) is 14.5 Å². The Bertz CT molecular complexity index is 1230. The number of fused-ring (bicyclic) bond motifs is 1. The van der Waals surface area contributed by atoms with Crippen LogP contribution in [-0.4, -0.2) is 53.2 Å². The monoisotopic (exact) mass is 546 g/mol. The number of rotatable bonds is 10. The van der Waals surface area contributed by atoms with Crippen molar-refractivity contribution in [2.24, 2.45) is 0 Å². The lowest BCUT2D eigenvalue weighted by atomic mass is 9.72. The molecule has 11 nitrogen and oxygen atoms in total. The quantitative estimate of drug-likeness (QED) is 0.126. The Morgan fingerprint density at radius 1 is 1.23 bits per heavy atom. The van der Waals surface area contributed by atoms with Gasteiger partial charge < -0.3 is 30.8 Å². The first kappa shape index (κ1) is 24.7. The normalized spacial score (nSPS) is 13.1. The maximum absolute atomic E-state index is 13.5. The summed E-state index contributed by atoms with van der Waals surface area (Å²) in [5, 5.41) is 36.0. The van der Waals surface area contributed by atoms with Crippen LogP contribution in [0.1, 0.15) is 27.7 Å². The summed E-state index contributed by atoms with van der Waals surface area (Å²) in [6.07, 6.45) is 3.06. The number of hydrogen-bond acceptors (Lipinski definition) is 10. The zero-order valence-electron chi connectivity index (χ0n) is 18.2. The van der Waals surface area contributed by atoms with Crippen LogP contribution in [0.5, 0.6) is 0 Å². The highest BCUT2D eigenvalue weighted by Crippen LogP contribution is 2.26. The predicted octanol–water partition coefficient (Wildman–Crippen LogP) is 1.63. The van der Waals surface area contributed by atoms with Gasteiger partial charge in [0.1, 0.15) is 5.82 Å². The van der Waals surface area contributed by atoms with Crippen LogP contribution in [0.25, 0.3) is 6.08 Å². The van der Waals surface area contributed by atoms with E-state index in [4.69, 9.17) is 9.28 Å². The van der Waals surface area contributed by atoms with Crippen LogP contribution in [0.15, 0.2) is 51.8 Å². The Hall–Kier alpha value is -3.46. The molecule has 0 spiro atoms. The third kappa shape index (κ3) is 5.79. The fraction of sp³-hybridized carbons (Fsp3) is 0.190. The van der Waals surface area contributed by atoms with Crippen molar-refractivity contribution in [2.75, 3.05) is 30.3 Å². The average Bonchev–Trinajstić information content (AvgIpc) is 3.32. The molecule has 2 aromatic carbocycles. The van der Waals surface area contributed by atoms with Crippen LogP contribution in [0.2, 0.25) is 0 Å². The second-order valence-electron chi connectivity index (χ2n) is 7.47. The molecule has 0 aliphatic carbocycles. The second-order valence-corrected chi connectivity index (χ2v) is 8.32. The molecule has 6 N–H and O–H groups in total. The number of nitrogens with zero attached hydrogens (tertiary/aromatic N) is 2. The molecule has 0 fully saturated rings.